The third kappa shape index (κ3) is 3.98. The quantitative estimate of drug-likeness (QED) is 0.554. The molecule has 3 amide bonds. The van der Waals surface area contributed by atoms with Crippen molar-refractivity contribution in [3.8, 4) is 0 Å². The van der Waals surface area contributed by atoms with Crippen LogP contribution in [-0.4, -0.2) is 66.8 Å². The van der Waals surface area contributed by atoms with Gasteiger partial charge in [-0.15, -0.1) is 0 Å². The zero-order chi connectivity index (χ0) is 23.8. The maximum Gasteiger partial charge on any atom is 0.325 e. The van der Waals surface area contributed by atoms with Crippen molar-refractivity contribution in [2.24, 2.45) is 4.99 Å². The summed E-state index contributed by atoms with van der Waals surface area (Å²) in [5, 5.41) is 11.5. The molecular formula is C24H24N6O4. The number of urea groups is 1. The van der Waals surface area contributed by atoms with E-state index >= 15 is 0 Å². The first kappa shape index (κ1) is 21.6. The number of carbonyl (C=O) groups excluding carboxylic acids is 2. The highest BCUT2D eigenvalue weighted by molar-refractivity contribution is 6.04. The highest BCUT2D eigenvalue weighted by Crippen LogP contribution is 2.28. The number of amidine groups is 1. The molecule has 1 fully saturated rings. The predicted molar refractivity (Wildman–Crippen MR) is 123 cm³/mol. The SMILES string of the molecule is CCN1C(=O)NC(=O)C2C1N=C(Cc1cn3ccccc3n1)N2Cc1ccc(CC(=O)O)cc1. The topological polar surface area (TPSA) is 120 Å². The number of aliphatic carboxylic acids is 1. The molecule has 2 aliphatic heterocycles. The average Bonchev–Trinajstić information content (AvgIpc) is 3.36. The van der Waals surface area contributed by atoms with Crippen LogP contribution in [0.5, 0.6) is 0 Å². The number of benzene rings is 1. The lowest BCUT2D eigenvalue weighted by atomic mass is 10.1. The predicted octanol–water partition coefficient (Wildman–Crippen LogP) is 1.68. The summed E-state index contributed by atoms with van der Waals surface area (Å²) in [6.45, 7) is 2.66. The van der Waals surface area contributed by atoms with Crippen LogP contribution in [0.3, 0.4) is 0 Å². The average molecular weight is 460 g/mol. The van der Waals surface area contributed by atoms with E-state index in [1.807, 2.05) is 58.9 Å². The van der Waals surface area contributed by atoms with Gasteiger partial charge in [0.1, 0.15) is 11.5 Å². The molecule has 2 atom stereocenters. The number of nitrogens with one attached hydrogen (secondary N) is 1. The number of pyridine rings is 1. The van der Waals surface area contributed by atoms with Gasteiger partial charge in [-0.05, 0) is 30.2 Å². The minimum absolute atomic E-state index is 0.0503. The van der Waals surface area contributed by atoms with Crippen LogP contribution in [0.15, 0.2) is 59.9 Å². The van der Waals surface area contributed by atoms with E-state index in [1.54, 1.807) is 17.0 Å². The van der Waals surface area contributed by atoms with Crippen molar-refractivity contribution >= 4 is 29.4 Å². The maximum absolute atomic E-state index is 12.9. The Kier molecular flexibility index (Phi) is 5.48. The zero-order valence-electron chi connectivity index (χ0n) is 18.6. The number of amides is 3. The van der Waals surface area contributed by atoms with Crippen LogP contribution >= 0.6 is 0 Å². The molecule has 10 nitrogen and oxygen atoms in total. The molecule has 10 heteroatoms. The fourth-order valence-electron chi connectivity index (χ4n) is 4.54. The molecule has 0 saturated carbocycles. The van der Waals surface area contributed by atoms with Gasteiger partial charge in [-0.1, -0.05) is 30.3 Å². The van der Waals surface area contributed by atoms with Crippen LogP contribution in [0, 0.1) is 0 Å². The summed E-state index contributed by atoms with van der Waals surface area (Å²) >= 11 is 0. The molecule has 2 aromatic heterocycles. The minimum Gasteiger partial charge on any atom is -0.481 e. The van der Waals surface area contributed by atoms with Gasteiger partial charge in [-0.2, -0.15) is 0 Å². The standard InChI is InChI=1S/C24H24N6O4/c1-2-29-22-21(23(33)27-24(29)34)30(13-16-8-6-15(7-9-16)11-20(31)32)19(26-22)12-17-14-28-10-4-3-5-18(28)25-17/h3-10,14,21-22H,2,11-13H2,1H3,(H,31,32)(H,27,33,34). The molecule has 0 spiro atoms. The lowest BCUT2D eigenvalue weighted by molar-refractivity contribution is -0.136. The van der Waals surface area contributed by atoms with E-state index in [-0.39, 0.29) is 12.3 Å². The van der Waals surface area contributed by atoms with Crippen molar-refractivity contribution in [1.29, 1.82) is 0 Å². The molecule has 5 rings (SSSR count). The normalized spacial score (nSPS) is 19.9. The molecule has 2 aliphatic rings. The lowest BCUT2D eigenvalue weighted by Gasteiger charge is -2.37. The van der Waals surface area contributed by atoms with Crippen LogP contribution in [0.25, 0.3) is 5.65 Å². The number of carboxylic acid groups (broad SMARTS) is 1. The van der Waals surface area contributed by atoms with Gasteiger partial charge in [-0.3, -0.25) is 19.8 Å². The Balaban J connectivity index is 1.46. The van der Waals surface area contributed by atoms with Gasteiger partial charge in [0.15, 0.2) is 12.2 Å². The summed E-state index contributed by atoms with van der Waals surface area (Å²) in [7, 11) is 0. The van der Waals surface area contributed by atoms with E-state index < -0.39 is 24.2 Å². The molecule has 4 heterocycles. The van der Waals surface area contributed by atoms with Crippen LogP contribution in [0.4, 0.5) is 4.79 Å². The number of imide groups is 1. The number of aliphatic imine (C=N–C) groups is 1. The molecule has 1 aromatic carbocycles. The number of fused-ring (bicyclic) bond motifs is 2. The number of hydrogen-bond donors (Lipinski definition) is 2. The van der Waals surface area contributed by atoms with Gasteiger partial charge in [0, 0.05) is 31.9 Å². The molecule has 34 heavy (non-hydrogen) atoms. The molecule has 2 N–H and O–H groups in total. The fraction of sp³-hybridized carbons (Fsp3) is 0.292. The second-order valence-electron chi connectivity index (χ2n) is 8.37. The molecule has 0 bridgehead atoms. The Bertz CT molecular complexity index is 1270. The third-order valence-corrected chi connectivity index (χ3v) is 6.14. The van der Waals surface area contributed by atoms with Crippen molar-refractivity contribution < 1.29 is 19.5 Å². The number of carboxylic acids is 1. The summed E-state index contributed by atoms with van der Waals surface area (Å²) < 4.78 is 1.93. The van der Waals surface area contributed by atoms with Crippen molar-refractivity contribution in [2.45, 2.75) is 38.5 Å². The molecule has 0 aliphatic carbocycles. The molecule has 2 unspecified atom stereocenters. The summed E-state index contributed by atoms with van der Waals surface area (Å²) in [5.41, 5.74) is 3.23. The van der Waals surface area contributed by atoms with Gasteiger partial charge >= 0.3 is 12.0 Å². The molecule has 0 radical (unpaired) electrons. The largest absolute Gasteiger partial charge is 0.481 e. The van der Waals surface area contributed by atoms with E-state index in [9.17, 15) is 14.4 Å². The highest BCUT2D eigenvalue weighted by Gasteiger charge is 2.49. The summed E-state index contributed by atoms with van der Waals surface area (Å²) in [6.07, 6.45) is 3.60. The van der Waals surface area contributed by atoms with Crippen LogP contribution in [0.1, 0.15) is 23.7 Å². The Hall–Kier alpha value is -4.21. The van der Waals surface area contributed by atoms with Crippen molar-refractivity contribution in [3.63, 3.8) is 0 Å². The van der Waals surface area contributed by atoms with Gasteiger partial charge < -0.3 is 14.4 Å². The zero-order valence-corrected chi connectivity index (χ0v) is 18.6. The molecule has 1 saturated heterocycles. The van der Waals surface area contributed by atoms with E-state index in [0.29, 0.717) is 30.9 Å². The van der Waals surface area contributed by atoms with Gasteiger partial charge in [0.2, 0.25) is 0 Å². The second kappa shape index (κ2) is 8.62. The summed E-state index contributed by atoms with van der Waals surface area (Å²) in [5.74, 6) is -0.590. The van der Waals surface area contributed by atoms with Gasteiger partial charge in [0.05, 0.1) is 12.1 Å². The number of aromatic nitrogens is 2. The Morgan fingerprint density at radius 3 is 2.56 bits per heavy atom. The number of imidazole rings is 1. The smallest absolute Gasteiger partial charge is 0.325 e. The highest BCUT2D eigenvalue weighted by atomic mass is 16.4. The number of rotatable bonds is 7. The van der Waals surface area contributed by atoms with Crippen molar-refractivity contribution in [1.82, 2.24) is 24.5 Å². The first-order chi connectivity index (χ1) is 16.4. The van der Waals surface area contributed by atoms with Crippen LogP contribution in [0.2, 0.25) is 0 Å². The monoisotopic (exact) mass is 460 g/mol. The van der Waals surface area contributed by atoms with E-state index in [1.165, 1.54) is 0 Å². The fourth-order valence-corrected chi connectivity index (χ4v) is 4.54. The van der Waals surface area contributed by atoms with Gasteiger partial charge in [-0.25, -0.2) is 14.8 Å². The Morgan fingerprint density at radius 2 is 1.85 bits per heavy atom. The van der Waals surface area contributed by atoms with Crippen LogP contribution < -0.4 is 5.32 Å². The third-order valence-electron chi connectivity index (χ3n) is 6.14. The van der Waals surface area contributed by atoms with Crippen molar-refractivity contribution in [2.75, 3.05) is 6.54 Å². The summed E-state index contributed by atoms with van der Waals surface area (Å²) in [6, 6.07) is 11.9. The van der Waals surface area contributed by atoms with E-state index in [0.717, 1.165) is 16.9 Å². The first-order valence-electron chi connectivity index (χ1n) is 11.1. The van der Waals surface area contributed by atoms with Crippen molar-refractivity contribution in [3.05, 3.63) is 71.7 Å². The van der Waals surface area contributed by atoms with Gasteiger partial charge in [0.25, 0.3) is 5.91 Å². The number of likely N-dealkylation sites (N-methyl/N-ethyl adjacent to an activating group) is 1. The number of nitrogens with zero attached hydrogens (tertiary/aromatic N) is 5. The molecular weight excluding hydrogens is 436 g/mol. The molecule has 174 valence electrons. The maximum atomic E-state index is 12.9. The Morgan fingerprint density at radius 1 is 1.09 bits per heavy atom. The van der Waals surface area contributed by atoms with E-state index in [4.69, 9.17) is 10.1 Å². The summed E-state index contributed by atoms with van der Waals surface area (Å²) in [4.78, 5) is 49.3. The van der Waals surface area contributed by atoms with Crippen LogP contribution in [-0.2, 0) is 29.0 Å². The number of carbonyl (C=O) groups is 3. The Labute approximate surface area is 195 Å². The molecule has 3 aromatic rings. The van der Waals surface area contributed by atoms with E-state index in [2.05, 4.69) is 10.3 Å². The first-order valence-corrected chi connectivity index (χ1v) is 11.1. The second-order valence-corrected chi connectivity index (χ2v) is 8.37. The number of hydrogen-bond acceptors (Lipinski definition) is 6. The minimum atomic E-state index is -0.889. The lowest BCUT2D eigenvalue weighted by Crippen LogP contribution is -2.64.